The van der Waals surface area contributed by atoms with Crippen LogP contribution in [0.5, 0.6) is 0 Å². The zero-order valence-electron chi connectivity index (χ0n) is 21.4. The van der Waals surface area contributed by atoms with Gasteiger partial charge in [0, 0.05) is 44.3 Å². The Morgan fingerprint density at radius 3 is 2.42 bits per heavy atom. The standard InChI is InChI=1S/C28H28N2O3.C2H7N/c1-33-28(14-17-31)23-10-2-3-11-24(23)30(27(28)32)21-12-15-29(16-13-21)25-18-20-8-4-6-19-7-5-9-22(25)26(19)20;1-3-2/h2-11,17,21,25H,12-16,18H2,1H3;3H,1-2H3. The Balaban J connectivity index is 0.000000848. The molecule has 6 nitrogen and oxygen atoms in total. The van der Waals surface area contributed by atoms with Gasteiger partial charge in [0.05, 0.1) is 5.69 Å². The topological polar surface area (TPSA) is 61.9 Å². The predicted molar refractivity (Wildman–Crippen MR) is 143 cm³/mol. The molecule has 1 fully saturated rings. The molecule has 3 aromatic carbocycles. The maximum absolute atomic E-state index is 13.6. The number of rotatable bonds is 5. The summed E-state index contributed by atoms with van der Waals surface area (Å²) < 4.78 is 5.74. The van der Waals surface area contributed by atoms with Crippen LogP contribution in [0.4, 0.5) is 5.69 Å². The summed E-state index contributed by atoms with van der Waals surface area (Å²) in [4.78, 5) is 29.6. The van der Waals surface area contributed by atoms with Crippen molar-refractivity contribution in [3.63, 3.8) is 0 Å². The Hall–Kier alpha value is -3.06. The molecule has 0 radical (unpaired) electrons. The lowest BCUT2D eigenvalue weighted by Gasteiger charge is -2.40. The molecule has 2 unspecified atom stereocenters. The second-order valence-electron chi connectivity index (χ2n) is 9.94. The quantitative estimate of drug-likeness (QED) is 0.549. The Bertz CT molecular complexity index is 1260. The van der Waals surface area contributed by atoms with Crippen LogP contribution >= 0.6 is 0 Å². The summed E-state index contributed by atoms with van der Waals surface area (Å²) in [7, 11) is 5.28. The van der Waals surface area contributed by atoms with Gasteiger partial charge in [-0.2, -0.15) is 0 Å². The highest BCUT2D eigenvalue weighted by molar-refractivity contribution is 6.08. The summed E-state index contributed by atoms with van der Waals surface area (Å²) in [5, 5.41) is 5.50. The first-order valence-electron chi connectivity index (χ1n) is 12.8. The van der Waals surface area contributed by atoms with Crippen molar-refractivity contribution in [3.05, 3.63) is 77.4 Å². The monoisotopic (exact) mass is 485 g/mol. The highest BCUT2D eigenvalue weighted by atomic mass is 16.5. The molecular formula is C30H35N3O3. The van der Waals surface area contributed by atoms with Gasteiger partial charge < -0.3 is 19.7 Å². The molecule has 1 N–H and O–H groups in total. The molecule has 3 aromatic rings. The molecule has 36 heavy (non-hydrogen) atoms. The highest BCUT2D eigenvalue weighted by Crippen LogP contribution is 2.47. The summed E-state index contributed by atoms with van der Waals surface area (Å²) in [6, 6.07) is 21.6. The molecule has 2 heterocycles. The van der Waals surface area contributed by atoms with E-state index in [1.54, 1.807) is 0 Å². The van der Waals surface area contributed by atoms with E-state index in [4.69, 9.17) is 4.74 Å². The first kappa shape index (κ1) is 24.6. The number of para-hydroxylation sites is 1. The van der Waals surface area contributed by atoms with Crippen LogP contribution in [0.3, 0.4) is 0 Å². The van der Waals surface area contributed by atoms with Crippen LogP contribution in [0.1, 0.15) is 42.0 Å². The Kier molecular flexibility index (Phi) is 6.93. The number of piperidine rings is 1. The van der Waals surface area contributed by atoms with Gasteiger partial charge in [0.15, 0.2) is 5.60 Å². The number of amides is 1. The molecule has 2 aliphatic heterocycles. The van der Waals surface area contributed by atoms with Gasteiger partial charge in [0.1, 0.15) is 6.29 Å². The summed E-state index contributed by atoms with van der Waals surface area (Å²) >= 11 is 0. The van der Waals surface area contributed by atoms with E-state index in [2.05, 4.69) is 46.6 Å². The highest BCUT2D eigenvalue weighted by Gasteiger charge is 2.53. The van der Waals surface area contributed by atoms with Gasteiger partial charge in [-0.3, -0.25) is 9.69 Å². The molecule has 0 aromatic heterocycles. The third kappa shape index (κ3) is 3.84. The van der Waals surface area contributed by atoms with E-state index < -0.39 is 5.60 Å². The third-order valence-corrected chi connectivity index (χ3v) is 7.98. The fourth-order valence-corrected chi connectivity index (χ4v) is 6.40. The van der Waals surface area contributed by atoms with Crippen molar-refractivity contribution in [2.45, 2.75) is 43.4 Å². The molecule has 1 amide bonds. The smallest absolute Gasteiger partial charge is 0.264 e. The number of methoxy groups -OCH3 is 1. The van der Waals surface area contributed by atoms with Gasteiger partial charge in [0.25, 0.3) is 5.91 Å². The maximum Gasteiger partial charge on any atom is 0.264 e. The zero-order chi connectivity index (χ0) is 25.3. The SMILES string of the molecule is CNC.COC1(CC=O)C(=O)N(C2CCN(C3Cc4cccc5cccc3c45)CC2)c2ccccc21. The van der Waals surface area contributed by atoms with E-state index in [-0.39, 0.29) is 18.4 Å². The third-order valence-electron chi connectivity index (χ3n) is 7.98. The van der Waals surface area contributed by atoms with Crippen LogP contribution in [0.25, 0.3) is 10.8 Å². The Morgan fingerprint density at radius 2 is 1.72 bits per heavy atom. The van der Waals surface area contributed by atoms with E-state index in [1.165, 1.54) is 29.0 Å². The molecule has 2 atom stereocenters. The minimum Gasteiger partial charge on any atom is -0.363 e. The number of hydrogen-bond donors (Lipinski definition) is 1. The average Bonchev–Trinajstić information content (AvgIpc) is 3.40. The fraction of sp³-hybridized carbons (Fsp3) is 0.400. The van der Waals surface area contributed by atoms with Crippen LogP contribution in [0.2, 0.25) is 0 Å². The van der Waals surface area contributed by atoms with Gasteiger partial charge in [-0.15, -0.1) is 0 Å². The lowest BCUT2D eigenvalue weighted by Crippen LogP contribution is -2.50. The molecule has 6 rings (SSSR count). The number of anilines is 1. The molecule has 0 saturated carbocycles. The predicted octanol–water partition coefficient (Wildman–Crippen LogP) is 4.21. The molecule has 6 heteroatoms. The van der Waals surface area contributed by atoms with Crippen molar-refractivity contribution in [1.82, 2.24) is 10.2 Å². The molecule has 188 valence electrons. The van der Waals surface area contributed by atoms with Gasteiger partial charge in [-0.25, -0.2) is 0 Å². The molecule has 0 bridgehead atoms. The number of ether oxygens (including phenoxy) is 1. The van der Waals surface area contributed by atoms with Crippen LogP contribution in [0.15, 0.2) is 60.7 Å². The van der Waals surface area contributed by atoms with Crippen molar-refractivity contribution >= 4 is 28.7 Å². The second-order valence-corrected chi connectivity index (χ2v) is 9.94. The number of benzene rings is 3. The van der Waals surface area contributed by atoms with Gasteiger partial charge in [-0.1, -0.05) is 54.6 Å². The number of hydrogen-bond acceptors (Lipinski definition) is 5. The number of carbonyl (C=O) groups is 2. The minimum atomic E-state index is -1.20. The summed E-state index contributed by atoms with van der Waals surface area (Å²) in [5.41, 5.74) is 3.39. The van der Waals surface area contributed by atoms with Crippen molar-refractivity contribution in [3.8, 4) is 0 Å². The summed E-state index contributed by atoms with van der Waals surface area (Å²) in [6.45, 7) is 1.89. The number of aldehydes is 1. The lowest BCUT2D eigenvalue weighted by molar-refractivity contribution is -0.143. The maximum atomic E-state index is 13.6. The number of nitrogens with zero attached hydrogens (tertiary/aromatic N) is 2. The number of nitrogens with one attached hydrogen (secondary N) is 1. The molecule has 3 aliphatic rings. The summed E-state index contributed by atoms with van der Waals surface area (Å²) in [6.07, 6.45) is 3.70. The minimum absolute atomic E-state index is 0.0407. The zero-order valence-corrected chi connectivity index (χ0v) is 21.4. The number of likely N-dealkylation sites (tertiary alicyclic amines) is 1. The van der Waals surface area contributed by atoms with Crippen LogP contribution in [0, 0.1) is 0 Å². The van der Waals surface area contributed by atoms with Crippen molar-refractivity contribution in [2.75, 3.05) is 39.2 Å². The van der Waals surface area contributed by atoms with E-state index >= 15 is 0 Å². The Labute approximate surface area is 213 Å². The van der Waals surface area contributed by atoms with E-state index in [9.17, 15) is 9.59 Å². The summed E-state index contributed by atoms with van der Waals surface area (Å²) in [5.74, 6) is -0.102. The van der Waals surface area contributed by atoms with Crippen molar-refractivity contribution in [2.24, 2.45) is 0 Å². The van der Waals surface area contributed by atoms with Gasteiger partial charge >= 0.3 is 0 Å². The first-order valence-corrected chi connectivity index (χ1v) is 12.8. The lowest BCUT2D eigenvalue weighted by atomic mass is 9.92. The van der Waals surface area contributed by atoms with Gasteiger partial charge in [-0.05, 0) is 61.3 Å². The van der Waals surface area contributed by atoms with Crippen LogP contribution in [-0.2, 0) is 26.3 Å². The molecule has 1 saturated heterocycles. The molecule has 1 aliphatic carbocycles. The van der Waals surface area contributed by atoms with E-state index in [0.29, 0.717) is 6.04 Å². The second kappa shape index (κ2) is 10.1. The normalized spacial score (nSPS) is 23.5. The van der Waals surface area contributed by atoms with Crippen molar-refractivity contribution in [1.29, 1.82) is 0 Å². The van der Waals surface area contributed by atoms with E-state index in [0.717, 1.165) is 49.9 Å². The average molecular weight is 486 g/mol. The van der Waals surface area contributed by atoms with Crippen LogP contribution in [-0.4, -0.2) is 57.4 Å². The molecular weight excluding hydrogens is 450 g/mol. The van der Waals surface area contributed by atoms with Crippen molar-refractivity contribution < 1.29 is 14.3 Å². The fourth-order valence-electron chi connectivity index (χ4n) is 6.40. The largest absolute Gasteiger partial charge is 0.363 e. The van der Waals surface area contributed by atoms with Crippen LogP contribution < -0.4 is 10.2 Å². The van der Waals surface area contributed by atoms with E-state index in [1.807, 2.05) is 43.3 Å². The molecule has 0 spiro atoms. The van der Waals surface area contributed by atoms with Gasteiger partial charge in [0.2, 0.25) is 0 Å². The first-order chi connectivity index (χ1) is 17.6. The Morgan fingerprint density at radius 1 is 1.03 bits per heavy atom. The number of carbonyl (C=O) groups excluding carboxylic acids is 2. The number of fused-ring (bicyclic) bond motifs is 1.